The van der Waals surface area contributed by atoms with Crippen molar-refractivity contribution in [3.63, 3.8) is 0 Å². The highest BCUT2D eigenvalue weighted by Gasteiger charge is 2.01. The second-order valence-electron chi connectivity index (χ2n) is 4.91. The first-order valence-corrected chi connectivity index (χ1v) is 7.54. The summed E-state index contributed by atoms with van der Waals surface area (Å²) in [4.78, 5) is 0. The molecule has 1 nitrogen and oxygen atoms in total. The van der Waals surface area contributed by atoms with E-state index in [1.807, 2.05) is 38.1 Å². The highest BCUT2D eigenvalue weighted by Crippen LogP contribution is 2.19. The molecule has 0 amide bonds. The third-order valence-corrected chi connectivity index (χ3v) is 3.16. The minimum atomic E-state index is 0.638. The maximum atomic E-state index is 5.87. The van der Waals surface area contributed by atoms with E-state index in [0.717, 1.165) is 12.2 Å². The van der Waals surface area contributed by atoms with Crippen molar-refractivity contribution in [3.8, 4) is 5.75 Å². The van der Waals surface area contributed by atoms with Crippen LogP contribution in [0, 0.1) is 6.92 Å². The van der Waals surface area contributed by atoms with E-state index in [2.05, 4.69) is 50.2 Å². The Bertz CT molecular complexity index is 551. The average molecular weight is 282 g/mol. The molecule has 0 heterocycles. The fraction of sp³-hybridized carbons (Fsp3) is 0.300. The van der Waals surface area contributed by atoms with E-state index >= 15 is 0 Å². The van der Waals surface area contributed by atoms with Gasteiger partial charge < -0.3 is 4.74 Å². The molecule has 112 valence electrons. The molecule has 2 aromatic carbocycles. The van der Waals surface area contributed by atoms with Crippen LogP contribution in [0.15, 0.2) is 60.7 Å². The van der Waals surface area contributed by atoms with E-state index in [0.29, 0.717) is 6.61 Å². The lowest BCUT2D eigenvalue weighted by atomic mass is 10.1. The molecular weight excluding hydrogens is 256 g/mol. The van der Waals surface area contributed by atoms with Gasteiger partial charge in [0.25, 0.3) is 0 Å². The molecule has 21 heavy (non-hydrogen) atoms. The van der Waals surface area contributed by atoms with Crippen molar-refractivity contribution in [2.45, 2.75) is 40.7 Å². The number of ether oxygens (including phenoxy) is 1. The zero-order valence-electron chi connectivity index (χ0n) is 13.6. The van der Waals surface area contributed by atoms with Crippen LogP contribution in [0.4, 0.5) is 0 Å². The number of aryl methyl sites for hydroxylation is 2. The zero-order chi connectivity index (χ0) is 15.5. The van der Waals surface area contributed by atoms with Gasteiger partial charge in [-0.2, -0.15) is 0 Å². The molecule has 0 spiro atoms. The highest BCUT2D eigenvalue weighted by atomic mass is 16.5. The van der Waals surface area contributed by atoms with Gasteiger partial charge in [-0.1, -0.05) is 67.1 Å². The first kappa shape index (κ1) is 17.0. The van der Waals surface area contributed by atoms with Crippen molar-refractivity contribution in [2.24, 2.45) is 0 Å². The molecule has 0 radical (unpaired) electrons. The first-order chi connectivity index (χ1) is 10.2. The Morgan fingerprint density at radius 2 is 1.67 bits per heavy atom. The summed E-state index contributed by atoms with van der Waals surface area (Å²) in [6, 6.07) is 16.7. The Balaban J connectivity index is 0.000000491. The summed E-state index contributed by atoms with van der Waals surface area (Å²) in [6.07, 6.45) is 5.00. The second kappa shape index (κ2) is 9.82. The first-order valence-electron chi connectivity index (χ1n) is 7.54. The van der Waals surface area contributed by atoms with Crippen LogP contribution in [0.3, 0.4) is 0 Å². The van der Waals surface area contributed by atoms with Gasteiger partial charge in [0.15, 0.2) is 0 Å². The Morgan fingerprint density at radius 1 is 0.952 bits per heavy atom. The van der Waals surface area contributed by atoms with Gasteiger partial charge in [0.2, 0.25) is 0 Å². The van der Waals surface area contributed by atoms with Crippen LogP contribution in [0.25, 0.3) is 0 Å². The Hall–Kier alpha value is -2.02. The van der Waals surface area contributed by atoms with Gasteiger partial charge in [-0.3, -0.25) is 0 Å². The summed E-state index contributed by atoms with van der Waals surface area (Å²) in [7, 11) is 0. The van der Waals surface area contributed by atoms with Crippen LogP contribution in [0.5, 0.6) is 5.75 Å². The maximum absolute atomic E-state index is 5.87. The summed E-state index contributed by atoms with van der Waals surface area (Å²) in [6.45, 7) is 8.89. The van der Waals surface area contributed by atoms with Crippen LogP contribution in [0.1, 0.15) is 37.5 Å². The number of para-hydroxylation sites is 1. The number of benzene rings is 2. The van der Waals surface area contributed by atoms with E-state index in [1.54, 1.807) is 0 Å². The Morgan fingerprint density at radius 3 is 2.29 bits per heavy atom. The quantitative estimate of drug-likeness (QED) is 0.652. The minimum Gasteiger partial charge on any atom is -0.489 e. The van der Waals surface area contributed by atoms with Crippen molar-refractivity contribution in [1.82, 2.24) is 0 Å². The second-order valence-corrected chi connectivity index (χ2v) is 4.91. The summed E-state index contributed by atoms with van der Waals surface area (Å²) >= 11 is 0. The van der Waals surface area contributed by atoms with E-state index in [1.165, 1.54) is 16.7 Å². The molecule has 1 heteroatoms. The fourth-order valence-corrected chi connectivity index (χ4v) is 1.90. The van der Waals surface area contributed by atoms with Crippen LogP contribution < -0.4 is 4.74 Å². The van der Waals surface area contributed by atoms with E-state index < -0.39 is 0 Å². The van der Waals surface area contributed by atoms with Gasteiger partial charge >= 0.3 is 0 Å². The predicted molar refractivity (Wildman–Crippen MR) is 91.8 cm³/mol. The number of hydrogen-bond donors (Lipinski definition) is 0. The summed E-state index contributed by atoms with van der Waals surface area (Å²) in [5.41, 5.74) is 3.76. The summed E-state index contributed by atoms with van der Waals surface area (Å²) in [5.74, 6) is 0.997. The van der Waals surface area contributed by atoms with Crippen molar-refractivity contribution in [3.05, 3.63) is 77.4 Å². The van der Waals surface area contributed by atoms with Crippen molar-refractivity contribution in [2.75, 3.05) is 0 Å². The number of rotatable bonds is 4. The van der Waals surface area contributed by atoms with E-state index in [-0.39, 0.29) is 0 Å². The molecule has 2 aromatic rings. The Labute approximate surface area is 129 Å². The predicted octanol–water partition coefficient (Wildman–Crippen LogP) is 5.72. The van der Waals surface area contributed by atoms with Gasteiger partial charge in [-0.15, -0.1) is 0 Å². The highest BCUT2D eigenvalue weighted by molar-refractivity contribution is 5.33. The SMILES string of the molecule is C/C=C\C.CCc1ccccc1OCc1cccc(C)c1. The van der Waals surface area contributed by atoms with Gasteiger partial charge in [-0.25, -0.2) is 0 Å². The molecule has 0 aromatic heterocycles. The molecule has 0 N–H and O–H groups in total. The molecule has 0 bridgehead atoms. The van der Waals surface area contributed by atoms with Gasteiger partial charge in [0, 0.05) is 0 Å². The van der Waals surface area contributed by atoms with E-state index in [9.17, 15) is 0 Å². The summed E-state index contributed by atoms with van der Waals surface area (Å²) in [5, 5.41) is 0. The molecule has 0 aliphatic rings. The number of hydrogen-bond acceptors (Lipinski definition) is 1. The van der Waals surface area contributed by atoms with Crippen LogP contribution in [-0.4, -0.2) is 0 Å². The lowest BCUT2D eigenvalue weighted by molar-refractivity contribution is 0.303. The summed E-state index contributed by atoms with van der Waals surface area (Å²) < 4.78 is 5.87. The van der Waals surface area contributed by atoms with Crippen molar-refractivity contribution in [1.29, 1.82) is 0 Å². The van der Waals surface area contributed by atoms with E-state index in [4.69, 9.17) is 4.74 Å². The largest absolute Gasteiger partial charge is 0.489 e. The third kappa shape index (κ3) is 6.31. The topological polar surface area (TPSA) is 9.23 Å². The standard InChI is InChI=1S/C16H18O.C4H8/c1-3-15-9-4-5-10-16(15)17-12-14-8-6-7-13(2)11-14;1-3-4-2/h4-11H,3,12H2,1-2H3;3-4H,1-2H3/b;4-3-. The van der Waals surface area contributed by atoms with Crippen molar-refractivity contribution < 1.29 is 4.74 Å². The van der Waals surface area contributed by atoms with Crippen molar-refractivity contribution >= 4 is 0 Å². The lowest BCUT2D eigenvalue weighted by Crippen LogP contribution is -1.98. The molecule has 2 rings (SSSR count). The molecule has 0 atom stereocenters. The van der Waals surface area contributed by atoms with Crippen LogP contribution >= 0.6 is 0 Å². The zero-order valence-corrected chi connectivity index (χ0v) is 13.6. The normalized spacial score (nSPS) is 10.1. The smallest absolute Gasteiger partial charge is 0.122 e. The molecule has 0 saturated carbocycles. The lowest BCUT2D eigenvalue weighted by Gasteiger charge is -2.10. The van der Waals surface area contributed by atoms with Gasteiger partial charge in [0.1, 0.15) is 12.4 Å². The maximum Gasteiger partial charge on any atom is 0.122 e. The number of allylic oxidation sites excluding steroid dienone is 2. The Kier molecular flexibility index (Phi) is 7.96. The molecule has 0 saturated heterocycles. The fourth-order valence-electron chi connectivity index (χ4n) is 1.90. The molecule has 0 aliphatic heterocycles. The molecule has 0 unspecified atom stereocenters. The monoisotopic (exact) mass is 282 g/mol. The molecule has 0 aliphatic carbocycles. The van der Waals surface area contributed by atoms with Crippen LogP contribution in [0.2, 0.25) is 0 Å². The van der Waals surface area contributed by atoms with Gasteiger partial charge in [0.05, 0.1) is 0 Å². The molecule has 0 fully saturated rings. The minimum absolute atomic E-state index is 0.638. The van der Waals surface area contributed by atoms with Gasteiger partial charge in [-0.05, 0) is 44.4 Å². The average Bonchev–Trinajstić information content (AvgIpc) is 2.53. The molecular formula is C20H26O. The third-order valence-electron chi connectivity index (χ3n) is 3.16. The van der Waals surface area contributed by atoms with Crippen LogP contribution in [-0.2, 0) is 13.0 Å².